The normalized spacial score (nSPS) is 16.2. The third kappa shape index (κ3) is 5.21. The van der Waals surface area contributed by atoms with Crippen LogP contribution in [0.15, 0.2) is 115 Å². The standard InChI is InChI=1S/C31H30ClN3O/c32-29-19-11-10-18-28(29)31(25-12-4-1-5-13-25)34-22-20-33(21-23-34)30(24-36)35(26-14-6-2-7-15-26)27-16-8-3-9-17-27/h1-19,24,30-31H,20-23H2. The molecule has 0 aliphatic carbocycles. The van der Waals surface area contributed by atoms with Crippen LogP contribution in [-0.4, -0.2) is 48.4 Å². The predicted molar refractivity (Wildman–Crippen MR) is 148 cm³/mol. The van der Waals surface area contributed by atoms with Crippen LogP contribution in [0.3, 0.4) is 0 Å². The van der Waals surface area contributed by atoms with Crippen LogP contribution >= 0.6 is 11.6 Å². The van der Waals surface area contributed by atoms with E-state index in [2.05, 4.69) is 69.3 Å². The molecule has 4 aromatic rings. The number of hydrogen-bond acceptors (Lipinski definition) is 4. The SMILES string of the molecule is O=CC(N1CCN(C(c2ccccc2)c2ccccc2Cl)CC1)N(c1ccccc1)c1ccccc1. The van der Waals surface area contributed by atoms with Gasteiger partial charge < -0.3 is 4.90 Å². The largest absolute Gasteiger partial charge is 0.318 e. The minimum atomic E-state index is -0.396. The van der Waals surface area contributed by atoms with E-state index in [1.165, 1.54) is 5.56 Å². The van der Waals surface area contributed by atoms with Crippen molar-refractivity contribution in [1.29, 1.82) is 0 Å². The van der Waals surface area contributed by atoms with Crippen molar-refractivity contribution in [3.63, 3.8) is 0 Å². The molecule has 1 aliphatic heterocycles. The number of hydrogen-bond donors (Lipinski definition) is 0. The van der Waals surface area contributed by atoms with Gasteiger partial charge in [0, 0.05) is 42.6 Å². The summed E-state index contributed by atoms with van der Waals surface area (Å²) in [5.74, 6) is 0. The van der Waals surface area contributed by atoms with E-state index in [9.17, 15) is 4.79 Å². The minimum absolute atomic E-state index is 0.0658. The summed E-state index contributed by atoms with van der Waals surface area (Å²) in [6, 6.07) is 39.0. The summed E-state index contributed by atoms with van der Waals surface area (Å²) in [4.78, 5) is 19.5. The molecule has 4 aromatic carbocycles. The summed E-state index contributed by atoms with van der Waals surface area (Å²) in [5.41, 5.74) is 4.34. The fraction of sp³-hybridized carbons (Fsp3) is 0.194. The molecular formula is C31H30ClN3O. The lowest BCUT2D eigenvalue weighted by atomic mass is 9.96. The fourth-order valence-electron chi connectivity index (χ4n) is 5.12. The summed E-state index contributed by atoms with van der Waals surface area (Å²) in [6.45, 7) is 3.19. The lowest BCUT2D eigenvalue weighted by Crippen LogP contribution is -2.56. The van der Waals surface area contributed by atoms with Crippen LogP contribution < -0.4 is 4.90 Å². The van der Waals surface area contributed by atoms with Gasteiger partial charge in [-0.25, -0.2) is 0 Å². The highest BCUT2D eigenvalue weighted by molar-refractivity contribution is 6.31. The van der Waals surface area contributed by atoms with Gasteiger partial charge in [-0.15, -0.1) is 0 Å². The third-order valence-corrected chi connectivity index (χ3v) is 7.20. The summed E-state index contributed by atoms with van der Waals surface area (Å²) in [6.07, 6.45) is 0.672. The number of nitrogens with zero attached hydrogens (tertiary/aromatic N) is 3. The molecule has 36 heavy (non-hydrogen) atoms. The van der Waals surface area contributed by atoms with Crippen molar-refractivity contribution in [2.45, 2.75) is 12.2 Å². The van der Waals surface area contributed by atoms with E-state index in [1.807, 2.05) is 60.7 Å². The van der Waals surface area contributed by atoms with Gasteiger partial charge in [-0.2, -0.15) is 0 Å². The van der Waals surface area contributed by atoms with E-state index < -0.39 is 6.17 Å². The Hall–Kier alpha value is -3.44. The molecule has 0 aromatic heterocycles. The quantitative estimate of drug-likeness (QED) is 0.264. The van der Waals surface area contributed by atoms with Gasteiger partial charge in [0.15, 0.2) is 6.29 Å². The first kappa shape index (κ1) is 24.3. The molecule has 5 rings (SSSR count). The molecule has 5 heteroatoms. The monoisotopic (exact) mass is 495 g/mol. The Morgan fingerprint density at radius 3 is 1.64 bits per heavy atom. The van der Waals surface area contributed by atoms with Crippen LogP contribution in [0, 0.1) is 0 Å². The van der Waals surface area contributed by atoms with Crippen LogP contribution in [0.2, 0.25) is 5.02 Å². The highest BCUT2D eigenvalue weighted by Gasteiger charge is 2.33. The smallest absolute Gasteiger partial charge is 0.157 e. The summed E-state index contributed by atoms with van der Waals surface area (Å²) >= 11 is 6.68. The summed E-state index contributed by atoms with van der Waals surface area (Å²) in [5, 5.41) is 0.777. The molecule has 182 valence electrons. The molecule has 0 N–H and O–H groups in total. The van der Waals surface area contributed by atoms with Crippen LogP contribution in [0.1, 0.15) is 17.2 Å². The molecule has 0 bridgehead atoms. The first-order chi connectivity index (χ1) is 17.8. The van der Waals surface area contributed by atoms with E-state index in [-0.39, 0.29) is 6.04 Å². The van der Waals surface area contributed by atoms with E-state index in [4.69, 9.17) is 11.6 Å². The van der Waals surface area contributed by atoms with Gasteiger partial charge in [0.05, 0.1) is 6.04 Å². The average molecular weight is 496 g/mol. The molecular weight excluding hydrogens is 466 g/mol. The summed E-state index contributed by atoms with van der Waals surface area (Å²) < 4.78 is 0. The number of aldehydes is 1. The van der Waals surface area contributed by atoms with Crippen LogP contribution in [0.5, 0.6) is 0 Å². The maximum absolute atomic E-state index is 12.6. The second kappa shape index (κ2) is 11.5. The number of carbonyl (C=O) groups is 1. The van der Waals surface area contributed by atoms with Gasteiger partial charge >= 0.3 is 0 Å². The Morgan fingerprint density at radius 2 is 1.11 bits per heavy atom. The third-order valence-electron chi connectivity index (χ3n) is 6.86. The first-order valence-electron chi connectivity index (χ1n) is 12.4. The van der Waals surface area contributed by atoms with E-state index in [1.54, 1.807) is 0 Å². The number of rotatable bonds is 8. The van der Waals surface area contributed by atoms with Crippen LogP contribution in [0.4, 0.5) is 11.4 Å². The van der Waals surface area contributed by atoms with Crippen LogP contribution in [-0.2, 0) is 4.79 Å². The topological polar surface area (TPSA) is 26.8 Å². The van der Waals surface area contributed by atoms with Crippen molar-refractivity contribution >= 4 is 29.3 Å². The maximum atomic E-state index is 12.6. The number of carbonyl (C=O) groups excluding carboxylic acids is 1. The Morgan fingerprint density at radius 1 is 0.639 bits per heavy atom. The molecule has 0 amide bonds. The van der Waals surface area contributed by atoms with Gasteiger partial charge in [-0.05, 0) is 41.5 Å². The van der Waals surface area contributed by atoms with E-state index in [0.29, 0.717) is 0 Å². The number of anilines is 2. The zero-order valence-corrected chi connectivity index (χ0v) is 20.9. The Balaban J connectivity index is 1.41. The molecule has 1 heterocycles. The summed E-state index contributed by atoms with van der Waals surface area (Å²) in [7, 11) is 0. The van der Waals surface area contributed by atoms with Crippen molar-refractivity contribution < 1.29 is 4.79 Å². The Kier molecular flexibility index (Phi) is 7.77. The number of piperazine rings is 1. The first-order valence-corrected chi connectivity index (χ1v) is 12.8. The second-order valence-electron chi connectivity index (χ2n) is 9.00. The van der Waals surface area contributed by atoms with Crippen molar-refractivity contribution in [1.82, 2.24) is 9.80 Å². The van der Waals surface area contributed by atoms with Gasteiger partial charge in [-0.1, -0.05) is 96.5 Å². The molecule has 1 aliphatic rings. The fourth-order valence-corrected chi connectivity index (χ4v) is 5.36. The van der Waals surface area contributed by atoms with E-state index in [0.717, 1.165) is 54.4 Å². The molecule has 1 saturated heterocycles. The maximum Gasteiger partial charge on any atom is 0.157 e. The molecule has 1 fully saturated rings. The van der Waals surface area contributed by atoms with Crippen molar-refractivity contribution in [2.24, 2.45) is 0 Å². The minimum Gasteiger partial charge on any atom is -0.318 e. The average Bonchev–Trinajstić information content (AvgIpc) is 2.95. The molecule has 2 atom stereocenters. The van der Waals surface area contributed by atoms with Gasteiger partial charge in [0.25, 0.3) is 0 Å². The number of halogens is 1. The highest BCUT2D eigenvalue weighted by Crippen LogP contribution is 2.35. The Bertz CT molecular complexity index is 1210. The Labute approximate surface area is 218 Å². The van der Waals surface area contributed by atoms with Crippen molar-refractivity contribution in [2.75, 3.05) is 31.1 Å². The molecule has 2 unspecified atom stereocenters. The van der Waals surface area contributed by atoms with Gasteiger partial charge in [0.2, 0.25) is 0 Å². The van der Waals surface area contributed by atoms with Crippen molar-refractivity contribution in [3.8, 4) is 0 Å². The lowest BCUT2D eigenvalue weighted by Gasteiger charge is -2.44. The molecule has 0 spiro atoms. The second-order valence-corrected chi connectivity index (χ2v) is 9.40. The van der Waals surface area contributed by atoms with Crippen LogP contribution in [0.25, 0.3) is 0 Å². The molecule has 0 saturated carbocycles. The van der Waals surface area contributed by atoms with Crippen molar-refractivity contribution in [3.05, 3.63) is 131 Å². The highest BCUT2D eigenvalue weighted by atomic mass is 35.5. The molecule has 0 radical (unpaired) electrons. The van der Waals surface area contributed by atoms with E-state index >= 15 is 0 Å². The number of para-hydroxylation sites is 2. The van der Waals surface area contributed by atoms with Gasteiger partial charge in [-0.3, -0.25) is 14.6 Å². The van der Waals surface area contributed by atoms with Gasteiger partial charge in [0.1, 0.15) is 6.17 Å². The lowest BCUT2D eigenvalue weighted by molar-refractivity contribution is -0.113. The zero-order chi connectivity index (χ0) is 24.7. The number of benzene rings is 4. The molecule has 4 nitrogen and oxygen atoms in total. The predicted octanol–water partition coefficient (Wildman–Crippen LogP) is 6.41. The zero-order valence-electron chi connectivity index (χ0n) is 20.2.